The number of rotatable bonds is 3. The number of nitrogens with zero attached hydrogens (tertiary/aromatic N) is 1. The summed E-state index contributed by atoms with van der Waals surface area (Å²) in [5.74, 6) is -0.827. The number of benzene rings is 1. The minimum absolute atomic E-state index is 0.0547. The fourth-order valence-corrected chi connectivity index (χ4v) is 2.23. The van der Waals surface area contributed by atoms with Gasteiger partial charge in [0.2, 0.25) is 0 Å². The monoisotopic (exact) mass is 295 g/mol. The maximum Gasteiger partial charge on any atom is 0.339 e. The van der Waals surface area contributed by atoms with Crippen LogP contribution in [0.25, 0.3) is 11.3 Å². The lowest BCUT2D eigenvalue weighted by atomic mass is 10.1. The Morgan fingerprint density at radius 3 is 2.70 bits per heavy atom. The second-order valence-corrected chi connectivity index (χ2v) is 4.84. The van der Waals surface area contributed by atoms with E-state index < -0.39 is 5.82 Å². The predicted octanol–water partition coefficient (Wildman–Crippen LogP) is 3.97. The van der Waals surface area contributed by atoms with E-state index in [9.17, 15) is 9.18 Å². The first-order valence-electron chi connectivity index (χ1n) is 6.24. The van der Waals surface area contributed by atoms with Gasteiger partial charge in [0.15, 0.2) is 0 Å². The van der Waals surface area contributed by atoms with Crippen molar-refractivity contribution in [1.29, 1.82) is 0 Å². The van der Waals surface area contributed by atoms with Gasteiger partial charge in [-0.05, 0) is 43.7 Å². The van der Waals surface area contributed by atoms with Gasteiger partial charge in [-0.2, -0.15) is 0 Å². The molecular weight excluding hydrogens is 281 g/mol. The number of esters is 1. The number of ether oxygens (including phenoxy) is 1. The molecule has 2 aromatic rings. The van der Waals surface area contributed by atoms with E-state index in [1.807, 2.05) is 18.5 Å². The second-order valence-electron chi connectivity index (χ2n) is 4.44. The summed E-state index contributed by atoms with van der Waals surface area (Å²) < 4.78 is 20.1. The van der Waals surface area contributed by atoms with Gasteiger partial charge in [0.1, 0.15) is 5.82 Å². The Morgan fingerprint density at radius 2 is 2.10 bits per heavy atom. The summed E-state index contributed by atoms with van der Waals surface area (Å²) >= 11 is 5.80. The van der Waals surface area contributed by atoms with Gasteiger partial charge in [-0.15, -0.1) is 0 Å². The zero-order valence-electron chi connectivity index (χ0n) is 11.5. The van der Waals surface area contributed by atoms with E-state index in [1.54, 1.807) is 25.1 Å². The number of carbonyl (C=O) groups is 1. The molecule has 0 spiro atoms. The Bertz CT molecular complexity index is 664. The molecule has 0 atom stereocenters. The maximum absolute atomic E-state index is 13.2. The lowest BCUT2D eigenvalue weighted by Gasteiger charge is -2.06. The Balaban J connectivity index is 2.50. The molecule has 0 amide bonds. The lowest BCUT2D eigenvalue weighted by molar-refractivity contribution is 0.0525. The van der Waals surface area contributed by atoms with Gasteiger partial charge in [0, 0.05) is 18.4 Å². The molecule has 0 bridgehead atoms. The quantitative estimate of drug-likeness (QED) is 0.802. The number of halogens is 2. The van der Waals surface area contributed by atoms with Gasteiger partial charge in [-0.3, -0.25) is 0 Å². The van der Waals surface area contributed by atoms with Gasteiger partial charge in [-0.1, -0.05) is 11.6 Å². The van der Waals surface area contributed by atoms with Crippen LogP contribution in [-0.4, -0.2) is 17.1 Å². The smallest absolute Gasteiger partial charge is 0.339 e. The first-order valence-corrected chi connectivity index (χ1v) is 6.62. The Labute approximate surface area is 121 Å². The molecule has 0 aliphatic rings. The van der Waals surface area contributed by atoms with Gasteiger partial charge in [0.25, 0.3) is 0 Å². The van der Waals surface area contributed by atoms with Crippen LogP contribution in [0.15, 0.2) is 24.3 Å². The van der Waals surface area contributed by atoms with E-state index in [0.29, 0.717) is 12.2 Å². The first-order chi connectivity index (χ1) is 9.45. The molecule has 0 saturated carbocycles. The normalized spacial score (nSPS) is 10.7. The molecule has 0 N–H and O–H groups in total. The minimum atomic E-state index is -0.466. The molecule has 20 heavy (non-hydrogen) atoms. The second kappa shape index (κ2) is 5.67. The average Bonchev–Trinajstić information content (AvgIpc) is 2.70. The summed E-state index contributed by atoms with van der Waals surface area (Å²) in [6.45, 7) is 3.92. The summed E-state index contributed by atoms with van der Waals surface area (Å²) in [7, 11) is 1.84. The average molecular weight is 296 g/mol. The van der Waals surface area contributed by atoms with Gasteiger partial charge >= 0.3 is 5.97 Å². The first kappa shape index (κ1) is 14.6. The predicted molar refractivity (Wildman–Crippen MR) is 76.5 cm³/mol. The molecule has 0 radical (unpaired) electrons. The molecule has 1 aromatic carbocycles. The topological polar surface area (TPSA) is 31.2 Å². The van der Waals surface area contributed by atoms with E-state index in [0.717, 1.165) is 17.0 Å². The van der Waals surface area contributed by atoms with Crippen molar-refractivity contribution in [3.8, 4) is 11.3 Å². The number of hydrogen-bond donors (Lipinski definition) is 0. The van der Waals surface area contributed by atoms with Crippen molar-refractivity contribution >= 4 is 17.6 Å². The standard InChI is InChI=1S/C15H15ClFNO2/c1-4-20-15(19)11-8-14(18(3)9(11)2)10-5-6-13(17)12(16)7-10/h5-8H,4H2,1-3H3. The SMILES string of the molecule is CCOC(=O)c1cc(-c2ccc(F)c(Cl)c2)n(C)c1C. The summed E-state index contributed by atoms with van der Waals surface area (Å²) in [6.07, 6.45) is 0. The van der Waals surface area contributed by atoms with Crippen LogP contribution in [0.5, 0.6) is 0 Å². The number of aromatic nitrogens is 1. The number of carbonyl (C=O) groups excluding carboxylic acids is 1. The number of hydrogen-bond acceptors (Lipinski definition) is 2. The van der Waals surface area contributed by atoms with Crippen LogP contribution in [-0.2, 0) is 11.8 Å². The third-order valence-corrected chi connectivity index (χ3v) is 3.54. The van der Waals surface area contributed by atoms with Crippen molar-refractivity contribution < 1.29 is 13.9 Å². The lowest BCUT2D eigenvalue weighted by Crippen LogP contribution is -2.06. The molecule has 0 fully saturated rings. The molecule has 0 unspecified atom stereocenters. The van der Waals surface area contributed by atoms with Crippen LogP contribution in [0.2, 0.25) is 5.02 Å². The molecular formula is C15H15ClFNO2. The van der Waals surface area contributed by atoms with Crippen LogP contribution in [0.4, 0.5) is 4.39 Å². The minimum Gasteiger partial charge on any atom is -0.462 e. The highest BCUT2D eigenvalue weighted by Gasteiger charge is 2.18. The molecule has 5 heteroatoms. The summed E-state index contributed by atoms with van der Waals surface area (Å²) in [5.41, 5.74) is 2.83. The van der Waals surface area contributed by atoms with E-state index >= 15 is 0 Å². The van der Waals surface area contributed by atoms with E-state index in [1.165, 1.54) is 6.07 Å². The van der Waals surface area contributed by atoms with Crippen LogP contribution in [0.1, 0.15) is 23.0 Å². The highest BCUT2D eigenvalue weighted by atomic mass is 35.5. The third-order valence-electron chi connectivity index (χ3n) is 3.25. The van der Waals surface area contributed by atoms with Gasteiger partial charge < -0.3 is 9.30 Å². The zero-order valence-corrected chi connectivity index (χ0v) is 12.3. The fraction of sp³-hybridized carbons (Fsp3) is 0.267. The van der Waals surface area contributed by atoms with Gasteiger partial charge in [0.05, 0.1) is 17.2 Å². The zero-order chi connectivity index (χ0) is 14.9. The summed E-state index contributed by atoms with van der Waals surface area (Å²) in [6, 6.07) is 6.21. The Kier molecular flexibility index (Phi) is 4.14. The highest BCUT2D eigenvalue weighted by molar-refractivity contribution is 6.31. The van der Waals surface area contributed by atoms with Crippen molar-refractivity contribution in [2.24, 2.45) is 7.05 Å². The third kappa shape index (κ3) is 2.56. The molecule has 0 aliphatic carbocycles. The highest BCUT2D eigenvalue weighted by Crippen LogP contribution is 2.28. The molecule has 106 valence electrons. The van der Waals surface area contributed by atoms with Crippen LogP contribution in [0, 0.1) is 12.7 Å². The van der Waals surface area contributed by atoms with Crippen molar-refractivity contribution in [1.82, 2.24) is 4.57 Å². The van der Waals surface area contributed by atoms with E-state index in [4.69, 9.17) is 16.3 Å². The van der Waals surface area contributed by atoms with Crippen molar-refractivity contribution in [3.05, 3.63) is 46.4 Å². The van der Waals surface area contributed by atoms with Crippen molar-refractivity contribution in [2.75, 3.05) is 6.61 Å². The Hall–Kier alpha value is -1.81. The molecule has 1 heterocycles. The van der Waals surface area contributed by atoms with Crippen molar-refractivity contribution in [2.45, 2.75) is 13.8 Å². The summed E-state index contributed by atoms with van der Waals surface area (Å²) in [5, 5.41) is 0.0547. The molecule has 0 aliphatic heterocycles. The Morgan fingerprint density at radius 1 is 1.40 bits per heavy atom. The van der Waals surface area contributed by atoms with Gasteiger partial charge in [-0.25, -0.2) is 9.18 Å². The maximum atomic E-state index is 13.2. The molecule has 0 saturated heterocycles. The van der Waals surface area contributed by atoms with Crippen LogP contribution >= 0.6 is 11.6 Å². The van der Waals surface area contributed by atoms with Crippen molar-refractivity contribution in [3.63, 3.8) is 0 Å². The largest absolute Gasteiger partial charge is 0.462 e. The van der Waals surface area contributed by atoms with Crippen LogP contribution in [0.3, 0.4) is 0 Å². The fourth-order valence-electron chi connectivity index (χ4n) is 2.05. The molecule has 3 nitrogen and oxygen atoms in total. The van der Waals surface area contributed by atoms with Crippen LogP contribution < -0.4 is 0 Å². The van der Waals surface area contributed by atoms with E-state index in [2.05, 4.69) is 0 Å². The molecule has 1 aromatic heterocycles. The van der Waals surface area contributed by atoms with E-state index in [-0.39, 0.29) is 11.0 Å². The molecule has 2 rings (SSSR count). The summed E-state index contributed by atoms with van der Waals surface area (Å²) in [4.78, 5) is 11.9.